The lowest BCUT2D eigenvalue weighted by atomic mass is 10.1. The van der Waals surface area contributed by atoms with E-state index in [4.69, 9.17) is 11.6 Å². The first-order valence-electron chi connectivity index (χ1n) is 12.3. The van der Waals surface area contributed by atoms with Gasteiger partial charge in [-0.15, -0.1) is 0 Å². The minimum absolute atomic E-state index is 0.0382. The van der Waals surface area contributed by atoms with Crippen molar-refractivity contribution >= 4 is 50.5 Å². The van der Waals surface area contributed by atoms with Crippen molar-refractivity contribution in [2.24, 2.45) is 5.10 Å². The molecule has 2 N–H and O–H groups in total. The summed E-state index contributed by atoms with van der Waals surface area (Å²) in [5, 5.41) is 7.38. The van der Waals surface area contributed by atoms with Crippen molar-refractivity contribution in [2.75, 3.05) is 16.2 Å². The second-order valence-electron chi connectivity index (χ2n) is 8.84. The van der Waals surface area contributed by atoms with E-state index in [1.165, 1.54) is 12.1 Å². The van der Waals surface area contributed by atoms with Crippen LogP contribution in [0.15, 0.2) is 113 Å². The van der Waals surface area contributed by atoms with Crippen LogP contribution in [0.1, 0.15) is 28.4 Å². The van der Waals surface area contributed by atoms with Gasteiger partial charge in [0.05, 0.1) is 16.3 Å². The summed E-state index contributed by atoms with van der Waals surface area (Å²) in [6.45, 7) is 2.86. The highest BCUT2D eigenvalue weighted by molar-refractivity contribution is 7.92. The molecule has 204 valence electrons. The van der Waals surface area contributed by atoms with E-state index in [1.54, 1.807) is 98.8 Å². The zero-order valence-corrected chi connectivity index (χ0v) is 23.4. The summed E-state index contributed by atoms with van der Waals surface area (Å²) >= 11 is 6.27. The number of sulfonamides is 1. The predicted octanol–water partition coefficient (Wildman–Crippen LogP) is 5.64. The lowest BCUT2D eigenvalue weighted by Gasteiger charge is -2.25. The van der Waals surface area contributed by atoms with Crippen LogP contribution in [0.5, 0.6) is 0 Å². The molecular formula is C30H27ClN4O4S. The molecule has 0 saturated carbocycles. The van der Waals surface area contributed by atoms with Gasteiger partial charge in [0, 0.05) is 16.3 Å². The van der Waals surface area contributed by atoms with E-state index in [0.29, 0.717) is 33.1 Å². The van der Waals surface area contributed by atoms with E-state index in [9.17, 15) is 18.0 Å². The van der Waals surface area contributed by atoms with Gasteiger partial charge in [0.25, 0.3) is 21.8 Å². The molecule has 0 aliphatic heterocycles. The molecule has 0 unspecified atom stereocenters. The van der Waals surface area contributed by atoms with Gasteiger partial charge in [-0.05, 0) is 73.5 Å². The summed E-state index contributed by atoms with van der Waals surface area (Å²) in [6.07, 6.45) is 0. The number of hydrogen-bond acceptors (Lipinski definition) is 5. The minimum atomic E-state index is -4.09. The SMILES string of the molecule is C/C(=N/NC(=O)CN(c1cccc(Cl)c1C)S(=O)(=O)c1ccccc1)c1cccc(NC(=O)c2ccccc2)c1. The molecule has 4 aromatic rings. The first kappa shape index (κ1) is 28.5. The average molecular weight is 575 g/mol. The van der Waals surface area contributed by atoms with Gasteiger partial charge in [-0.3, -0.25) is 13.9 Å². The molecule has 0 spiro atoms. The monoisotopic (exact) mass is 574 g/mol. The fraction of sp³-hybridized carbons (Fsp3) is 0.100. The number of hydrazone groups is 1. The molecule has 2 amide bonds. The Labute approximate surface area is 238 Å². The fourth-order valence-electron chi connectivity index (χ4n) is 3.88. The van der Waals surface area contributed by atoms with Crippen LogP contribution in [0.4, 0.5) is 11.4 Å². The highest BCUT2D eigenvalue weighted by Gasteiger charge is 2.28. The molecule has 0 radical (unpaired) electrons. The molecule has 4 rings (SSSR count). The van der Waals surface area contributed by atoms with Gasteiger partial charge in [0.15, 0.2) is 0 Å². The molecule has 0 aliphatic carbocycles. The van der Waals surface area contributed by atoms with Crippen LogP contribution in [-0.4, -0.2) is 32.5 Å². The maximum Gasteiger partial charge on any atom is 0.264 e. The van der Waals surface area contributed by atoms with Crippen molar-refractivity contribution in [2.45, 2.75) is 18.7 Å². The third-order valence-corrected chi connectivity index (χ3v) is 8.23. The van der Waals surface area contributed by atoms with Crippen molar-refractivity contribution in [3.63, 3.8) is 0 Å². The van der Waals surface area contributed by atoms with E-state index in [1.807, 2.05) is 6.07 Å². The number of rotatable bonds is 9. The Balaban J connectivity index is 1.53. The number of anilines is 2. The average Bonchev–Trinajstić information content (AvgIpc) is 2.97. The predicted molar refractivity (Wildman–Crippen MR) is 158 cm³/mol. The second-order valence-corrected chi connectivity index (χ2v) is 11.1. The molecule has 0 atom stereocenters. The maximum atomic E-state index is 13.6. The van der Waals surface area contributed by atoms with Gasteiger partial charge < -0.3 is 5.32 Å². The topological polar surface area (TPSA) is 108 Å². The van der Waals surface area contributed by atoms with Gasteiger partial charge in [-0.1, -0.05) is 66.2 Å². The molecular weight excluding hydrogens is 548 g/mol. The van der Waals surface area contributed by atoms with Crippen molar-refractivity contribution < 1.29 is 18.0 Å². The molecule has 0 heterocycles. The van der Waals surface area contributed by atoms with Crippen LogP contribution >= 0.6 is 11.6 Å². The van der Waals surface area contributed by atoms with Crippen LogP contribution in [0.25, 0.3) is 0 Å². The quantitative estimate of drug-likeness (QED) is 0.199. The number of nitrogens with one attached hydrogen (secondary N) is 2. The molecule has 0 bridgehead atoms. The first-order chi connectivity index (χ1) is 19.2. The molecule has 10 heteroatoms. The van der Waals surface area contributed by atoms with Gasteiger partial charge in [0.1, 0.15) is 6.54 Å². The molecule has 0 aromatic heterocycles. The Morgan fingerprint density at radius 2 is 1.48 bits per heavy atom. The highest BCUT2D eigenvalue weighted by atomic mass is 35.5. The Hall–Kier alpha value is -4.47. The Morgan fingerprint density at radius 1 is 0.850 bits per heavy atom. The minimum Gasteiger partial charge on any atom is -0.322 e. The molecule has 40 heavy (non-hydrogen) atoms. The van der Waals surface area contributed by atoms with Crippen LogP contribution in [0.3, 0.4) is 0 Å². The van der Waals surface area contributed by atoms with Crippen molar-refractivity contribution in [3.8, 4) is 0 Å². The standard InChI is InChI=1S/C30H27ClN4O4S/c1-21-27(31)17-10-18-28(21)35(40(38,39)26-15-7-4-8-16-26)20-29(36)34-33-22(2)24-13-9-14-25(19-24)32-30(37)23-11-5-3-6-12-23/h3-19H,20H2,1-2H3,(H,32,37)(H,34,36)/b33-22-. The van der Waals surface area contributed by atoms with Gasteiger partial charge in [-0.2, -0.15) is 5.10 Å². The number of nitrogens with zero attached hydrogens (tertiary/aromatic N) is 2. The van der Waals surface area contributed by atoms with Crippen LogP contribution in [0.2, 0.25) is 5.02 Å². The first-order valence-corrected chi connectivity index (χ1v) is 14.1. The molecule has 0 aliphatic rings. The van der Waals surface area contributed by atoms with E-state index in [-0.39, 0.29) is 16.5 Å². The third-order valence-electron chi connectivity index (χ3n) is 6.05. The van der Waals surface area contributed by atoms with Crippen molar-refractivity contribution in [1.29, 1.82) is 0 Å². The lowest BCUT2D eigenvalue weighted by Crippen LogP contribution is -2.40. The Bertz CT molecular complexity index is 1660. The Kier molecular flexibility index (Phi) is 8.98. The zero-order valence-electron chi connectivity index (χ0n) is 21.8. The lowest BCUT2D eigenvalue weighted by molar-refractivity contribution is -0.119. The van der Waals surface area contributed by atoms with E-state index >= 15 is 0 Å². The highest BCUT2D eigenvalue weighted by Crippen LogP contribution is 2.30. The van der Waals surface area contributed by atoms with E-state index in [2.05, 4.69) is 15.8 Å². The van der Waals surface area contributed by atoms with Gasteiger partial charge in [0.2, 0.25) is 0 Å². The molecule has 0 fully saturated rings. The number of carbonyl (C=O) groups is 2. The summed E-state index contributed by atoms with van der Waals surface area (Å²) in [5.41, 5.74) is 5.45. The summed E-state index contributed by atoms with van der Waals surface area (Å²) in [7, 11) is -4.09. The summed E-state index contributed by atoms with van der Waals surface area (Å²) in [6, 6.07) is 28.6. The number of hydrogen-bond donors (Lipinski definition) is 2. The van der Waals surface area contributed by atoms with Gasteiger partial charge >= 0.3 is 0 Å². The van der Waals surface area contributed by atoms with Crippen molar-refractivity contribution in [3.05, 3.63) is 125 Å². The van der Waals surface area contributed by atoms with Crippen LogP contribution < -0.4 is 15.0 Å². The number of benzene rings is 4. The summed E-state index contributed by atoms with van der Waals surface area (Å²) in [4.78, 5) is 25.5. The van der Waals surface area contributed by atoms with Crippen molar-refractivity contribution in [1.82, 2.24) is 5.43 Å². The Morgan fingerprint density at radius 3 is 2.17 bits per heavy atom. The third kappa shape index (κ3) is 6.74. The summed E-state index contributed by atoms with van der Waals surface area (Å²) in [5.74, 6) is -0.900. The largest absolute Gasteiger partial charge is 0.322 e. The van der Waals surface area contributed by atoms with Gasteiger partial charge in [-0.25, -0.2) is 13.8 Å². The smallest absolute Gasteiger partial charge is 0.264 e. The molecule has 0 saturated heterocycles. The molecule has 4 aromatic carbocycles. The number of halogens is 1. The summed E-state index contributed by atoms with van der Waals surface area (Å²) < 4.78 is 28.1. The zero-order chi connectivity index (χ0) is 28.7. The number of amides is 2. The van der Waals surface area contributed by atoms with Crippen LogP contribution in [-0.2, 0) is 14.8 Å². The fourth-order valence-corrected chi connectivity index (χ4v) is 5.55. The van der Waals surface area contributed by atoms with E-state index in [0.717, 1.165) is 4.31 Å². The maximum absolute atomic E-state index is 13.6. The second kappa shape index (κ2) is 12.6. The normalized spacial score (nSPS) is 11.5. The van der Waals surface area contributed by atoms with E-state index < -0.39 is 22.5 Å². The molecule has 8 nitrogen and oxygen atoms in total. The number of carbonyl (C=O) groups excluding carboxylic acids is 2. The van der Waals surface area contributed by atoms with Crippen LogP contribution in [0, 0.1) is 6.92 Å².